The van der Waals surface area contributed by atoms with Crippen LogP contribution < -0.4 is 20.7 Å². The maximum atomic E-state index is 14.3. The molecule has 0 aliphatic heterocycles. The number of ether oxygens (including phenoxy) is 1. The van der Waals surface area contributed by atoms with E-state index in [1.807, 2.05) is 103 Å². The Balaban J connectivity index is 0.000000186. The standard InChI is InChI=1S/C22H17OP.C11H10O/c23-24(20-11-3-1-4-12-20,21-13-5-2-6-14-21)22-16-15-18-9-7-8-10-19(18)17-22;1-12-11-7-6-9-4-2-3-5-10(9)8-11/h1-17H;2-8H,1H3. The van der Waals surface area contributed by atoms with Gasteiger partial charge in [0.2, 0.25) is 0 Å². The van der Waals surface area contributed by atoms with E-state index in [1.54, 1.807) is 7.11 Å². The number of methoxy groups -OCH3 is 1. The van der Waals surface area contributed by atoms with Crippen molar-refractivity contribution in [2.75, 3.05) is 7.11 Å². The van der Waals surface area contributed by atoms with Crippen molar-refractivity contribution in [2.24, 2.45) is 0 Å². The third-order valence-corrected chi connectivity index (χ3v) is 9.35. The van der Waals surface area contributed by atoms with Crippen LogP contribution in [0.1, 0.15) is 0 Å². The van der Waals surface area contributed by atoms with Crippen LogP contribution in [-0.4, -0.2) is 7.11 Å². The summed E-state index contributed by atoms with van der Waals surface area (Å²) >= 11 is 0. The number of rotatable bonds is 4. The van der Waals surface area contributed by atoms with E-state index in [9.17, 15) is 4.57 Å². The van der Waals surface area contributed by atoms with E-state index in [4.69, 9.17) is 4.74 Å². The molecule has 0 heterocycles. The van der Waals surface area contributed by atoms with E-state index in [0.29, 0.717) is 0 Å². The van der Waals surface area contributed by atoms with Crippen LogP contribution in [0.5, 0.6) is 5.75 Å². The van der Waals surface area contributed by atoms with Crippen molar-refractivity contribution >= 4 is 44.6 Å². The molecular weight excluding hydrogens is 459 g/mol. The van der Waals surface area contributed by atoms with Crippen molar-refractivity contribution in [2.45, 2.75) is 0 Å². The van der Waals surface area contributed by atoms with Gasteiger partial charge >= 0.3 is 0 Å². The Morgan fingerprint density at radius 3 is 1.42 bits per heavy atom. The first-order valence-corrected chi connectivity index (χ1v) is 13.6. The molecule has 6 aromatic rings. The Hall–Kier alpha value is -4.13. The van der Waals surface area contributed by atoms with Crippen LogP contribution >= 0.6 is 7.14 Å². The molecule has 0 bridgehead atoms. The van der Waals surface area contributed by atoms with Crippen LogP contribution in [0.15, 0.2) is 146 Å². The lowest BCUT2D eigenvalue weighted by molar-refractivity contribution is 0.415. The first-order valence-electron chi connectivity index (χ1n) is 11.9. The molecule has 3 heteroatoms. The van der Waals surface area contributed by atoms with Gasteiger partial charge in [-0.25, -0.2) is 0 Å². The molecule has 6 aromatic carbocycles. The summed E-state index contributed by atoms with van der Waals surface area (Å²) in [4.78, 5) is 0. The van der Waals surface area contributed by atoms with E-state index in [2.05, 4.69) is 42.5 Å². The van der Waals surface area contributed by atoms with Crippen LogP contribution in [0.4, 0.5) is 0 Å². The fourth-order valence-corrected chi connectivity index (χ4v) is 7.07. The van der Waals surface area contributed by atoms with Crippen molar-refractivity contribution < 1.29 is 9.30 Å². The number of fused-ring (bicyclic) bond motifs is 2. The van der Waals surface area contributed by atoms with Gasteiger partial charge in [0.15, 0.2) is 7.14 Å². The summed E-state index contributed by atoms with van der Waals surface area (Å²) < 4.78 is 19.4. The molecule has 0 amide bonds. The molecule has 6 rings (SSSR count). The highest BCUT2D eigenvalue weighted by Gasteiger charge is 2.29. The van der Waals surface area contributed by atoms with Crippen molar-refractivity contribution in [1.29, 1.82) is 0 Å². The van der Waals surface area contributed by atoms with Gasteiger partial charge < -0.3 is 9.30 Å². The number of hydrogen-bond donors (Lipinski definition) is 0. The largest absolute Gasteiger partial charge is 0.497 e. The first kappa shape index (κ1) is 23.6. The maximum absolute atomic E-state index is 14.3. The zero-order valence-corrected chi connectivity index (χ0v) is 21.0. The molecule has 0 fully saturated rings. The second-order valence-corrected chi connectivity index (χ2v) is 11.3. The van der Waals surface area contributed by atoms with Gasteiger partial charge in [-0.1, -0.05) is 127 Å². The lowest BCUT2D eigenvalue weighted by Crippen LogP contribution is -2.24. The SMILES string of the molecule is COc1ccc2ccccc2c1.O=P(c1ccccc1)(c1ccccc1)c1ccc2ccccc2c1. The van der Waals surface area contributed by atoms with Gasteiger partial charge in [0.25, 0.3) is 0 Å². The monoisotopic (exact) mass is 486 g/mol. The molecule has 0 aliphatic carbocycles. The summed E-state index contributed by atoms with van der Waals surface area (Å²) in [7, 11) is -1.20. The molecule has 0 aromatic heterocycles. The lowest BCUT2D eigenvalue weighted by atomic mass is 10.1. The molecule has 0 saturated carbocycles. The summed E-state index contributed by atoms with van der Waals surface area (Å²) in [6.45, 7) is 0. The molecule has 176 valence electrons. The number of hydrogen-bond acceptors (Lipinski definition) is 2. The van der Waals surface area contributed by atoms with Gasteiger partial charge in [-0.05, 0) is 39.7 Å². The highest BCUT2D eigenvalue weighted by atomic mass is 31.2. The normalized spacial score (nSPS) is 11.0. The molecule has 0 radical (unpaired) electrons. The molecule has 0 saturated heterocycles. The van der Waals surface area contributed by atoms with E-state index >= 15 is 0 Å². The summed E-state index contributed by atoms with van der Waals surface area (Å²) in [5, 5.41) is 7.35. The fraction of sp³-hybridized carbons (Fsp3) is 0.0303. The molecule has 0 N–H and O–H groups in total. The van der Waals surface area contributed by atoms with Crippen molar-refractivity contribution in [3.8, 4) is 5.75 Å². The highest BCUT2D eigenvalue weighted by molar-refractivity contribution is 7.85. The minimum Gasteiger partial charge on any atom is -0.497 e. The Morgan fingerprint density at radius 2 is 0.889 bits per heavy atom. The van der Waals surface area contributed by atoms with Gasteiger partial charge in [0.05, 0.1) is 7.11 Å². The van der Waals surface area contributed by atoms with Crippen LogP contribution in [-0.2, 0) is 4.57 Å². The summed E-state index contributed by atoms with van der Waals surface area (Å²) in [6, 6.07) is 48.2. The topological polar surface area (TPSA) is 26.3 Å². The minimum absolute atomic E-state index is 0.867. The zero-order chi connectivity index (χ0) is 24.8. The van der Waals surface area contributed by atoms with Crippen LogP contribution in [0.2, 0.25) is 0 Å². The quantitative estimate of drug-likeness (QED) is 0.244. The van der Waals surface area contributed by atoms with Crippen LogP contribution in [0.3, 0.4) is 0 Å². The van der Waals surface area contributed by atoms with Crippen molar-refractivity contribution in [1.82, 2.24) is 0 Å². The van der Waals surface area contributed by atoms with Gasteiger partial charge in [0.1, 0.15) is 5.75 Å². The van der Waals surface area contributed by atoms with Gasteiger partial charge in [-0.15, -0.1) is 0 Å². The minimum atomic E-state index is -2.88. The Bertz CT molecular complexity index is 1600. The molecule has 0 spiro atoms. The van der Waals surface area contributed by atoms with E-state index in [1.165, 1.54) is 10.8 Å². The average Bonchev–Trinajstić information content (AvgIpc) is 2.97. The second-order valence-electron chi connectivity index (χ2n) is 8.52. The molecule has 0 aliphatic rings. The predicted molar refractivity (Wildman–Crippen MR) is 154 cm³/mol. The molecule has 36 heavy (non-hydrogen) atoms. The second kappa shape index (κ2) is 10.6. The lowest BCUT2D eigenvalue weighted by Gasteiger charge is -2.20. The zero-order valence-electron chi connectivity index (χ0n) is 20.1. The Labute approximate surface area is 212 Å². The van der Waals surface area contributed by atoms with Crippen molar-refractivity contribution in [3.63, 3.8) is 0 Å². The fourth-order valence-electron chi connectivity index (χ4n) is 4.39. The smallest absolute Gasteiger partial charge is 0.171 e. The van der Waals surface area contributed by atoms with E-state index < -0.39 is 7.14 Å². The first-order chi connectivity index (χ1) is 17.7. The molecule has 0 unspecified atom stereocenters. The van der Waals surface area contributed by atoms with Crippen LogP contribution in [0.25, 0.3) is 21.5 Å². The van der Waals surface area contributed by atoms with Gasteiger partial charge in [0, 0.05) is 15.9 Å². The predicted octanol–water partition coefficient (Wildman–Crippen LogP) is 7.33. The third kappa shape index (κ3) is 4.82. The van der Waals surface area contributed by atoms with Crippen molar-refractivity contribution in [3.05, 3.63) is 146 Å². The molecular formula is C33H27O2P. The van der Waals surface area contributed by atoms with Crippen LogP contribution in [0, 0.1) is 0 Å². The summed E-state index contributed by atoms with van der Waals surface area (Å²) in [5.41, 5.74) is 0. The van der Waals surface area contributed by atoms with E-state index in [0.717, 1.165) is 32.4 Å². The Morgan fingerprint density at radius 1 is 0.444 bits per heavy atom. The van der Waals surface area contributed by atoms with Gasteiger partial charge in [-0.2, -0.15) is 0 Å². The number of benzene rings is 6. The third-order valence-electron chi connectivity index (χ3n) is 6.29. The van der Waals surface area contributed by atoms with Gasteiger partial charge in [-0.3, -0.25) is 0 Å². The molecule has 2 nitrogen and oxygen atoms in total. The summed E-state index contributed by atoms with van der Waals surface area (Å²) in [6.07, 6.45) is 0. The maximum Gasteiger partial charge on any atom is 0.171 e. The molecule has 0 atom stereocenters. The highest BCUT2D eigenvalue weighted by Crippen LogP contribution is 2.42. The van der Waals surface area contributed by atoms with E-state index in [-0.39, 0.29) is 0 Å². The summed E-state index contributed by atoms with van der Waals surface area (Å²) in [5.74, 6) is 0.911. The Kier molecular flexibility index (Phi) is 6.98. The average molecular weight is 487 g/mol.